The number of piperidine rings is 1. The van der Waals surface area contributed by atoms with Crippen LogP contribution >= 0.6 is 0 Å². The normalized spacial score (nSPS) is 24.6. The van der Waals surface area contributed by atoms with Crippen LogP contribution in [-0.4, -0.2) is 56.6 Å². The van der Waals surface area contributed by atoms with E-state index in [0.29, 0.717) is 25.2 Å². The quantitative estimate of drug-likeness (QED) is 0.832. The third-order valence-corrected chi connectivity index (χ3v) is 5.24. The summed E-state index contributed by atoms with van der Waals surface area (Å²) in [5.74, 6) is 0.182. The lowest BCUT2D eigenvalue weighted by molar-refractivity contribution is -0.0715. The first kappa shape index (κ1) is 18.9. The number of β-amino-alcohol motifs (C(OH)–C–C–N with tert-alkyl or cyclic N) is 1. The number of hydrogen-bond acceptors (Lipinski definition) is 4. The number of carbonyl (C=O) groups is 1. The average molecular weight is 337 g/mol. The van der Waals surface area contributed by atoms with Crippen molar-refractivity contribution in [2.24, 2.45) is 5.41 Å². The van der Waals surface area contributed by atoms with Gasteiger partial charge in [0.2, 0.25) is 0 Å². The van der Waals surface area contributed by atoms with Crippen molar-refractivity contribution < 1.29 is 15.0 Å². The lowest BCUT2D eigenvalue weighted by Gasteiger charge is -2.44. The zero-order valence-corrected chi connectivity index (χ0v) is 15.3. The van der Waals surface area contributed by atoms with Crippen LogP contribution in [-0.2, 0) is 6.54 Å². The van der Waals surface area contributed by atoms with Crippen molar-refractivity contribution in [3.05, 3.63) is 17.5 Å². The summed E-state index contributed by atoms with van der Waals surface area (Å²) in [6.07, 6.45) is 1.62. The van der Waals surface area contributed by atoms with Gasteiger partial charge in [-0.05, 0) is 31.7 Å². The summed E-state index contributed by atoms with van der Waals surface area (Å²) in [5, 5.41) is 24.8. The molecule has 0 bridgehead atoms. The molecule has 1 fully saturated rings. The summed E-state index contributed by atoms with van der Waals surface area (Å²) in [6, 6.07) is 1.86. The predicted molar refractivity (Wildman–Crippen MR) is 92.9 cm³/mol. The van der Waals surface area contributed by atoms with Gasteiger partial charge in [-0.3, -0.25) is 9.48 Å². The van der Waals surface area contributed by atoms with Crippen LogP contribution < -0.4 is 0 Å². The molecule has 1 aliphatic rings. The van der Waals surface area contributed by atoms with E-state index in [1.807, 2.05) is 13.0 Å². The fourth-order valence-corrected chi connectivity index (χ4v) is 3.55. The zero-order chi connectivity index (χ0) is 17.9. The third-order valence-electron chi connectivity index (χ3n) is 5.24. The molecular formula is C18H31N3O3. The monoisotopic (exact) mass is 337 g/mol. The Balaban J connectivity index is 2.18. The maximum absolute atomic E-state index is 12.9. The largest absolute Gasteiger partial charge is 0.396 e. The van der Waals surface area contributed by atoms with Crippen LogP contribution in [0.2, 0.25) is 0 Å². The summed E-state index contributed by atoms with van der Waals surface area (Å²) in [7, 11) is 0. The van der Waals surface area contributed by atoms with Crippen molar-refractivity contribution >= 4 is 5.91 Å². The smallest absolute Gasteiger partial charge is 0.272 e. The highest BCUT2D eigenvalue weighted by Crippen LogP contribution is 2.36. The first-order valence-corrected chi connectivity index (χ1v) is 9.04. The molecule has 2 rings (SSSR count). The lowest BCUT2D eigenvalue weighted by Crippen LogP contribution is -2.54. The van der Waals surface area contributed by atoms with E-state index in [4.69, 9.17) is 0 Å². The molecule has 0 aromatic carbocycles. The molecule has 0 radical (unpaired) electrons. The zero-order valence-electron chi connectivity index (χ0n) is 15.3. The number of nitrogens with zero attached hydrogens (tertiary/aromatic N) is 3. The van der Waals surface area contributed by atoms with E-state index in [1.54, 1.807) is 9.58 Å². The molecule has 1 aliphatic heterocycles. The Labute approximate surface area is 144 Å². The lowest BCUT2D eigenvalue weighted by atomic mass is 9.73. The van der Waals surface area contributed by atoms with Gasteiger partial charge in [0.25, 0.3) is 5.91 Å². The van der Waals surface area contributed by atoms with Crippen LogP contribution in [0.25, 0.3) is 0 Å². The van der Waals surface area contributed by atoms with E-state index in [1.165, 1.54) is 0 Å². The maximum atomic E-state index is 12.9. The summed E-state index contributed by atoms with van der Waals surface area (Å²) in [5.41, 5.74) is 1.02. The second kappa shape index (κ2) is 7.66. The second-order valence-electron chi connectivity index (χ2n) is 7.21. The van der Waals surface area contributed by atoms with Gasteiger partial charge in [0.05, 0.1) is 18.4 Å². The molecule has 6 nitrogen and oxygen atoms in total. The van der Waals surface area contributed by atoms with Crippen LogP contribution in [0.3, 0.4) is 0 Å². The van der Waals surface area contributed by atoms with Gasteiger partial charge < -0.3 is 15.1 Å². The van der Waals surface area contributed by atoms with Crippen LogP contribution in [0, 0.1) is 5.41 Å². The summed E-state index contributed by atoms with van der Waals surface area (Å²) < 4.78 is 1.74. The topological polar surface area (TPSA) is 78.6 Å². The third kappa shape index (κ3) is 3.49. The number of aryl methyl sites for hydroxylation is 1. The van der Waals surface area contributed by atoms with E-state index in [0.717, 1.165) is 18.5 Å². The Morgan fingerprint density at radius 3 is 2.67 bits per heavy atom. The molecule has 0 saturated carbocycles. The molecule has 1 amide bonds. The minimum absolute atomic E-state index is 0.0333. The number of rotatable bonds is 6. The summed E-state index contributed by atoms with van der Waals surface area (Å²) in [4.78, 5) is 14.6. The number of hydrogen-bond donors (Lipinski definition) is 2. The highest BCUT2D eigenvalue weighted by atomic mass is 16.3. The van der Waals surface area contributed by atoms with Crippen molar-refractivity contribution in [1.29, 1.82) is 0 Å². The maximum Gasteiger partial charge on any atom is 0.272 e. The van der Waals surface area contributed by atoms with Gasteiger partial charge in [-0.2, -0.15) is 5.10 Å². The number of aliphatic hydroxyl groups is 2. The molecule has 0 unspecified atom stereocenters. The molecule has 1 saturated heterocycles. The van der Waals surface area contributed by atoms with Crippen molar-refractivity contribution in [2.75, 3.05) is 19.7 Å². The summed E-state index contributed by atoms with van der Waals surface area (Å²) in [6.45, 7) is 9.57. The summed E-state index contributed by atoms with van der Waals surface area (Å²) >= 11 is 0. The average Bonchev–Trinajstić information content (AvgIpc) is 3.01. The van der Waals surface area contributed by atoms with Gasteiger partial charge in [-0.1, -0.05) is 27.2 Å². The van der Waals surface area contributed by atoms with Crippen molar-refractivity contribution in [3.63, 3.8) is 0 Å². The molecular weight excluding hydrogens is 306 g/mol. The fraction of sp³-hybridized carbons (Fsp3) is 0.778. The Morgan fingerprint density at radius 2 is 2.17 bits per heavy atom. The molecule has 24 heavy (non-hydrogen) atoms. The number of carbonyl (C=O) groups excluding carboxylic acids is 1. The van der Waals surface area contributed by atoms with Gasteiger partial charge >= 0.3 is 0 Å². The first-order chi connectivity index (χ1) is 11.4. The molecule has 0 aliphatic carbocycles. The van der Waals surface area contributed by atoms with Crippen LogP contribution in [0.4, 0.5) is 0 Å². The van der Waals surface area contributed by atoms with Crippen molar-refractivity contribution in [3.8, 4) is 0 Å². The molecule has 2 atom stereocenters. The molecule has 136 valence electrons. The van der Waals surface area contributed by atoms with E-state index < -0.39 is 11.5 Å². The Bertz CT molecular complexity index is 570. The van der Waals surface area contributed by atoms with Crippen LogP contribution in [0.5, 0.6) is 0 Å². The van der Waals surface area contributed by atoms with Crippen molar-refractivity contribution in [1.82, 2.24) is 14.7 Å². The second-order valence-corrected chi connectivity index (χ2v) is 7.21. The highest BCUT2D eigenvalue weighted by Gasteiger charge is 2.42. The van der Waals surface area contributed by atoms with Crippen LogP contribution in [0.15, 0.2) is 6.07 Å². The standard InChI is InChI=1S/C18H31N3O3/c1-5-7-18(12-22)8-9-20(11-16(18)23)17(24)15-10-14(13(3)4)19-21(15)6-2/h10,13,16,22-23H,5-9,11-12H2,1-4H3/t16-,18-/m1/s1. The van der Waals surface area contributed by atoms with Crippen molar-refractivity contribution in [2.45, 2.75) is 65.5 Å². The predicted octanol–water partition coefficient (Wildman–Crippen LogP) is 2.01. The molecule has 0 spiro atoms. The number of aromatic nitrogens is 2. The Morgan fingerprint density at radius 1 is 1.46 bits per heavy atom. The Kier molecular flexibility index (Phi) is 6.04. The minimum Gasteiger partial charge on any atom is -0.396 e. The van der Waals surface area contributed by atoms with E-state index in [2.05, 4.69) is 25.9 Å². The Hall–Kier alpha value is -1.40. The molecule has 2 N–H and O–H groups in total. The first-order valence-electron chi connectivity index (χ1n) is 9.04. The van der Waals surface area contributed by atoms with Gasteiger partial charge in [0.1, 0.15) is 5.69 Å². The minimum atomic E-state index is -0.692. The highest BCUT2D eigenvalue weighted by molar-refractivity contribution is 5.92. The number of aliphatic hydroxyl groups excluding tert-OH is 2. The van der Waals surface area contributed by atoms with Gasteiger partial charge in [0.15, 0.2) is 0 Å². The van der Waals surface area contributed by atoms with Gasteiger partial charge in [-0.25, -0.2) is 0 Å². The molecule has 1 aromatic rings. The van der Waals surface area contributed by atoms with Gasteiger partial charge in [0, 0.05) is 25.0 Å². The number of likely N-dealkylation sites (tertiary alicyclic amines) is 1. The fourth-order valence-electron chi connectivity index (χ4n) is 3.55. The van der Waals surface area contributed by atoms with Gasteiger partial charge in [-0.15, -0.1) is 0 Å². The molecule has 6 heteroatoms. The number of amides is 1. The SMILES string of the molecule is CCC[C@]1(CO)CCN(C(=O)c2cc(C(C)C)nn2CC)C[C@H]1O. The molecule has 1 aromatic heterocycles. The molecule has 2 heterocycles. The van der Waals surface area contributed by atoms with Crippen LogP contribution in [0.1, 0.15) is 69.1 Å². The van der Waals surface area contributed by atoms with E-state index in [9.17, 15) is 15.0 Å². The van der Waals surface area contributed by atoms with E-state index in [-0.39, 0.29) is 25.0 Å². The van der Waals surface area contributed by atoms with E-state index >= 15 is 0 Å².